The molecule has 4 aromatic carbocycles. The molecule has 3 N–H and O–H groups in total. The van der Waals surface area contributed by atoms with E-state index in [-0.39, 0.29) is 0 Å². The number of rotatable bonds is 18. The van der Waals surface area contributed by atoms with E-state index in [1.165, 1.54) is 83.1 Å². The summed E-state index contributed by atoms with van der Waals surface area (Å²) in [4.78, 5) is 2.47. The third-order valence-electron chi connectivity index (χ3n) is 7.39. The van der Waals surface area contributed by atoms with Gasteiger partial charge in [0.15, 0.2) is 0 Å². The molecule has 0 bridgehead atoms. The van der Waals surface area contributed by atoms with E-state index >= 15 is 0 Å². The van der Waals surface area contributed by atoms with E-state index in [1.54, 1.807) is 0 Å². The summed E-state index contributed by atoms with van der Waals surface area (Å²) in [6.45, 7) is 11.2. The van der Waals surface area contributed by atoms with E-state index in [9.17, 15) is 0 Å². The van der Waals surface area contributed by atoms with Gasteiger partial charge >= 0.3 is 0 Å². The van der Waals surface area contributed by atoms with E-state index in [0.29, 0.717) is 0 Å². The van der Waals surface area contributed by atoms with Gasteiger partial charge in [-0.1, -0.05) is 61.5 Å². The van der Waals surface area contributed by atoms with Gasteiger partial charge in [-0.05, 0) is 136 Å². The predicted molar refractivity (Wildman–Crippen MR) is 159 cm³/mol. The summed E-state index contributed by atoms with van der Waals surface area (Å²) >= 11 is 0. The first-order valence-corrected chi connectivity index (χ1v) is 14.2. The first-order valence-electron chi connectivity index (χ1n) is 14.2. The van der Waals surface area contributed by atoms with Gasteiger partial charge in [0.05, 0.1) is 0 Å². The maximum Gasteiger partial charge on any atom is -0.000968 e. The molecule has 4 aromatic rings. The Morgan fingerprint density at radius 3 is 1.97 bits per heavy atom. The molecule has 0 unspecified atom stereocenters. The molecule has 4 nitrogen and oxygen atoms in total. The van der Waals surface area contributed by atoms with Crippen molar-refractivity contribution in [3.05, 3.63) is 60.2 Å². The van der Waals surface area contributed by atoms with Crippen molar-refractivity contribution in [3.63, 3.8) is 0 Å². The minimum absolute atomic E-state index is 1.07. The molecule has 4 rings (SSSR count). The smallest absolute Gasteiger partial charge is 0.000968 e. The van der Waals surface area contributed by atoms with Crippen molar-refractivity contribution >= 4 is 32.3 Å². The number of unbranched alkanes of at least 4 members (excludes halogenated alkanes) is 1. The lowest BCUT2D eigenvalue weighted by Crippen LogP contribution is -2.28. The van der Waals surface area contributed by atoms with Crippen LogP contribution in [0.5, 0.6) is 0 Å². The Morgan fingerprint density at radius 2 is 1.22 bits per heavy atom. The van der Waals surface area contributed by atoms with Gasteiger partial charge in [-0.2, -0.15) is 0 Å². The van der Waals surface area contributed by atoms with Crippen molar-refractivity contribution in [2.75, 3.05) is 59.4 Å². The maximum absolute atomic E-state index is 3.67. The fourth-order valence-corrected chi connectivity index (χ4v) is 5.43. The summed E-state index contributed by atoms with van der Waals surface area (Å²) in [6, 6.07) is 20.5. The second kappa shape index (κ2) is 14.5. The zero-order valence-corrected chi connectivity index (χ0v) is 22.5. The number of nitrogens with zero attached hydrogens (tertiary/aromatic N) is 1. The highest BCUT2D eigenvalue weighted by molar-refractivity contribution is 6.23. The van der Waals surface area contributed by atoms with Crippen LogP contribution in [0.25, 0.3) is 32.3 Å². The second-order valence-electron chi connectivity index (χ2n) is 10.3. The first-order chi connectivity index (χ1) is 17.8. The largest absolute Gasteiger partial charge is 0.317 e. The molecular weight excluding hydrogens is 440 g/mol. The van der Waals surface area contributed by atoms with Crippen molar-refractivity contribution in [1.82, 2.24) is 20.9 Å². The molecule has 0 aliphatic rings. The number of nitrogens with one attached hydrogen (secondary N) is 3. The van der Waals surface area contributed by atoms with Crippen molar-refractivity contribution in [1.29, 1.82) is 0 Å². The summed E-state index contributed by atoms with van der Waals surface area (Å²) in [5, 5.41) is 19.0. The fraction of sp³-hybridized carbons (Fsp3) is 0.500. The van der Waals surface area contributed by atoms with E-state index < -0.39 is 0 Å². The predicted octanol–water partition coefficient (Wildman–Crippen LogP) is 5.80. The van der Waals surface area contributed by atoms with Crippen LogP contribution in [0.15, 0.2) is 54.6 Å². The molecule has 0 saturated heterocycles. The Labute approximate surface area is 218 Å². The summed E-state index contributed by atoms with van der Waals surface area (Å²) in [6.07, 6.45) is 7.28. The molecule has 194 valence electrons. The minimum atomic E-state index is 1.07. The van der Waals surface area contributed by atoms with Crippen LogP contribution in [0.2, 0.25) is 0 Å². The van der Waals surface area contributed by atoms with Crippen molar-refractivity contribution in [2.24, 2.45) is 0 Å². The van der Waals surface area contributed by atoms with E-state index in [2.05, 4.69) is 89.4 Å². The summed E-state index contributed by atoms with van der Waals surface area (Å²) in [5.41, 5.74) is 1.50. The molecule has 0 atom stereocenters. The molecule has 0 aliphatic heterocycles. The van der Waals surface area contributed by atoms with Crippen LogP contribution in [0, 0.1) is 0 Å². The number of hydrogen-bond donors (Lipinski definition) is 3. The normalized spacial score (nSPS) is 12.1. The Hall–Kier alpha value is -2.24. The van der Waals surface area contributed by atoms with Gasteiger partial charge in [-0.15, -0.1) is 0 Å². The van der Waals surface area contributed by atoms with Crippen LogP contribution in [0.4, 0.5) is 0 Å². The van der Waals surface area contributed by atoms with Gasteiger partial charge in [0.2, 0.25) is 0 Å². The molecule has 0 spiro atoms. The molecule has 4 heteroatoms. The third kappa shape index (κ3) is 7.39. The van der Waals surface area contributed by atoms with Crippen LogP contribution in [0.1, 0.15) is 44.6 Å². The van der Waals surface area contributed by atoms with Gasteiger partial charge in [-0.3, -0.25) is 0 Å². The molecule has 0 radical (unpaired) electrons. The van der Waals surface area contributed by atoms with Crippen LogP contribution < -0.4 is 16.0 Å². The van der Waals surface area contributed by atoms with E-state index in [0.717, 1.165) is 45.7 Å². The average molecular weight is 487 g/mol. The monoisotopic (exact) mass is 486 g/mol. The van der Waals surface area contributed by atoms with Gasteiger partial charge in [0.1, 0.15) is 0 Å². The lowest BCUT2D eigenvalue weighted by atomic mass is 9.90. The zero-order valence-electron chi connectivity index (χ0n) is 22.5. The highest BCUT2D eigenvalue weighted by Gasteiger charge is 2.11. The summed E-state index contributed by atoms with van der Waals surface area (Å²) in [7, 11) is 2.25. The van der Waals surface area contributed by atoms with Crippen LogP contribution in [0.3, 0.4) is 0 Å². The molecule has 0 saturated carbocycles. The molecule has 0 fully saturated rings. The molecule has 0 amide bonds. The maximum atomic E-state index is 3.67. The van der Waals surface area contributed by atoms with Gasteiger partial charge in [0, 0.05) is 0 Å². The Morgan fingerprint density at radius 1 is 0.611 bits per heavy atom. The first kappa shape index (κ1) is 26.8. The lowest BCUT2D eigenvalue weighted by Gasteiger charge is -2.17. The Kier molecular flexibility index (Phi) is 10.8. The molecule has 0 heterocycles. The molecule has 0 aliphatic carbocycles. The quantitative estimate of drug-likeness (QED) is 0.123. The number of benzene rings is 4. The zero-order chi connectivity index (χ0) is 25.0. The van der Waals surface area contributed by atoms with Gasteiger partial charge in [0.25, 0.3) is 0 Å². The Balaban J connectivity index is 1.10. The second-order valence-corrected chi connectivity index (χ2v) is 10.3. The van der Waals surface area contributed by atoms with Crippen LogP contribution in [-0.4, -0.2) is 64.3 Å². The Bertz CT molecular complexity index is 1170. The van der Waals surface area contributed by atoms with E-state index in [1.807, 2.05) is 0 Å². The van der Waals surface area contributed by atoms with Gasteiger partial charge in [-0.25, -0.2) is 0 Å². The van der Waals surface area contributed by atoms with Gasteiger partial charge < -0.3 is 20.9 Å². The van der Waals surface area contributed by atoms with Crippen LogP contribution >= 0.6 is 0 Å². The molecule has 0 aromatic heterocycles. The standard InChI is InChI=1S/C32H46N4/c1-3-33-19-8-20-35-22-10-24-36(2)23-9-21-34-18-5-4-11-28-25-29-14-6-12-26-16-17-27-13-7-15-30(28)32(27)31(26)29/h6-7,12-17,25,33-35H,3-5,8-11,18-24H2,1-2H3. The highest BCUT2D eigenvalue weighted by atomic mass is 15.1. The average Bonchev–Trinajstić information content (AvgIpc) is 2.90. The summed E-state index contributed by atoms with van der Waals surface area (Å²) in [5.74, 6) is 0. The minimum Gasteiger partial charge on any atom is -0.317 e. The highest BCUT2D eigenvalue weighted by Crippen LogP contribution is 2.36. The van der Waals surface area contributed by atoms with Crippen molar-refractivity contribution in [2.45, 2.75) is 45.4 Å². The molecular formula is C32H46N4. The lowest BCUT2D eigenvalue weighted by molar-refractivity contribution is 0.320. The topological polar surface area (TPSA) is 39.3 Å². The molecule has 36 heavy (non-hydrogen) atoms. The fourth-order valence-electron chi connectivity index (χ4n) is 5.43. The number of hydrogen-bond acceptors (Lipinski definition) is 4. The van der Waals surface area contributed by atoms with E-state index in [4.69, 9.17) is 0 Å². The van der Waals surface area contributed by atoms with Crippen molar-refractivity contribution < 1.29 is 0 Å². The number of aryl methyl sites for hydroxylation is 1. The van der Waals surface area contributed by atoms with Crippen molar-refractivity contribution in [3.8, 4) is 0 Å². The SMILES string of the molecule is CCNCCCNCCCN(C)CCCNCCCCc1cc2cccc3ccc4cccc1c4c32. The summed E-state index contributed by atoms with van der Waals surface area (Å²) < 4.78 is 0. The third-order valence-corrected chi connectivity index (χ3v) is 7.39. The van der Waals surface area contributed by atoms with Crippen LogP contribution in [-0.2, 0) is 6.42 Å².